The number of rotatable bonds is 9. The third-order valence-corrected chi connectivity index (χ3v) is 4.71. The van der Waals surface area contributed by atoms with E-state index in [-0.39, 0.29) is 0 Å². The van der Waals surface area contributed by atoms with Gasteiger partial charge in [-0.1, -0.05) is 13.8 Å². The summed E-state index contributed by atoms with van der Waals surface area (Å²) in [6.45, 7) is 7.15. The number of nitrogens with one attached hydrogen (secondary N) is 1. The molecule has 2 rings (SSSR count). The SMILES string of the molecule is COCCCN(C)c1nc(C2CC2)c(CNC(C)C)s1. The van der Waals surface area contributed by atoms with Crippen molar-refractivity contribution in [1.82, 2.24) is 10.3 Å². The summed E-state index contributed by atoms with van der Waals surface area (Å²) in [5, 5.41) is 4.68. The molecular formula is C15H27N3OS. The summed E-state index contributed by atoms with van der Waals surface area (Å²) >= 11 is 1.85. The second kappa shape index (κ2) is 7.38. The van der Waals surface area contributed by atoms with E-state index in [0.717, 1.165) is 37.2 Å². The van der Waals surface area contributed by atoms with Crippen LogP contribution in [0.15, 0.2) is 0 Å². The molecule has 0 spiro atoms. The molecule has 0 unspecified atom stereocenters. The van der Waals surface area contributed by atoms with Gasteiger partial charge in [-0.2, -0.15) is 0 Å². The molecule has 0 aromatic carbocycles. The molecule has 0 bridgehead atoms. The maximum atomic E-state index is 5.12. The van der Waals surface area contributed by atoms with Gasteiger partial charge in [0.05, 0.1) is 5.69 Å². The summed E-state index contributed by atoms with van der Waals surface area (Å²) in [7, 11) is 3.88. The molecule has 1 heterocycles. The van der Waals surface area contributed by atoms with Gasteiger partial charge in [0.25, 0.3) is 0 Å². The average Bonchev–Trinajstić information content (AvgIpc) is 3.16. The summed E-state index contributed by atoms with van der Waals surface area (Å²) in [6, 6.07) is 0.520. The molecule has 0 aliphatic heterocycles. The molecule has 1 N–H and O–H groups in total. The van der Waals surface area contributed by atoms with Crippen LogP contribution in [0.5, 0.6) is 0 Å². The van der Waals surface area contributed by atoms with Gasteiger partial charge in [0.1, 0.15) is 0 Å². The Kier molecular flexibility index (Phi) is 5.81. The molecule has 114 valence electrons. The first-order valence-electron chi connectivity index (χ1n) is 7.55. The number of hydrogen-bond donors (Lipinski definition) is 1. The Hall–Kier alpha value is -0.650. The van der Waals surface area contributed by atoms with Gasteiger partial charge in [-0.25, -0.2) is 4.98 Å². The summed E-state index contributed by atoms with van der Waals surface area (Å²) < 4.78 is 5.12. The van der Waals surface area contributed by atoms with Gasteiger partial charge in [0.2, 0.25) is 0 Å². The molecule has 0 radical (unpaired) electrons. The zero-order valence-corrected chi connectivity index (χ0v) is 13.9. The highest BCUT2D eigenvalue weighted by molar-refractivity contribution is 7.15. The minimum Gasteiger partial charge on any atom is -0.385 e. The van der Waals surface area contributed by atoms with E-state index in [0.29, 0.717) is 6.04 Å². The maximum Gasteiger partial charge on any atom is 0.185 e. The molecule has 0 atom stereocenters. The molecule has 1 aliphatic rings. The van der Waals surface area contributed by atoms with Crippen molar-refractivity contribution in [2.45, 2.75) is 51.6 Å². The molecule has 20 heavy (non-hydrogen) atoms. The van der Waals surface area contributed by atoms with Crippen LogP contribution >= 0.6 is 11.3 Å². The van der Waals surface area contributed by atoms with Gasteiger partial charge < -0.3 is 15.0 Å². The first-order chi connectivity index (χ1) is 9.61. The lowest BCUT2D eigenvalue weighted by atomic mass is 10.2. The molecular weight excluding hydrogens is 270 g/mol. The standard InChI is InChI=1S/C15H27N3OS/c1-11(2)16-10-13-14(12-6-7-12)17-15(20-13)18(3)8-5-9-19-4/h11-12,16H,5-10H2,1-4H3. The number of ether oxygens (including phenoxy) is 1. The van der Waals surface area contributed by atoms with Crippen LogP contribution in [0.1, 0.15) is 49.6 Å². The number of nitrogens with zero attached hydrogens (tertiary/aromatic N) is 2. The van der Waals surface area contributed by atoms with Crippen molar-refractivity contribution in [3.05, 3.63) is 10.6 Å². The normalized spacial score (nSPS) is 15.1. The van der Waals surface area contributed by atoms with E-state index in [9.17, 15) is 0 Å². The zero-order chi connectivity index (χ0) is 14.5. The second-order valence-corrected chi connectivity index (χ2v) is 6.94. The van der Waals surface area contributed by atoms with E-state index in [4.69, 9.17) is 9.72 Å². The molecule has 5 heteroatoms. The largest absolute Gasteiger partial charge is 0.385 e. The van der Waals surface area contributed by atoms with E-state index in [2.05, 4.69) is 31.1 Å². The van der Waals surface area contributed by atoms with E-state index in [1.165, 1.54) is 23.4 Å². The summed E-state index contributed by atoms with van der Waals surface area (Å²) in [5.41, 5.74) is 1.34. The van der Waals surface area contributed by atoms with Crippen molar-refractivity contribution >= 4 is 16.5 Å². The fraction of sp³-hybridized carbons (Fsp3) is 0.800. The summed E-state index contributed by atoms with van der Waals surface area (Å²) in [5.74, 6) is 0.719. The molecule has 1 aromatic heterocycles. The van der Waals surface area contributed by atoms with Gasteiger partial charge in [-0.15, -0.1) is 11.3 Å². The predicted molar refractivity (Wildman–Crippen MR) is 85.8 cm³/mol. The smallest absolute Gasteiger partial charge is 0.185 e. The first-order valence-corrected chi connectivity index (χ1v) is 8.36. The van der Waals surface area contributed by atoms with Gasteiger partial charge in [0.15, 0.2) is 5.13 Å². The molecule has 1 saturated carbocycles. The van der Waals surface area contributed by atoms with Crippen molar-refractivity contribution in [3.63, 3.8) is 0 Å². The minimum absolute atomic E-state index is 0.520. The number of thiazole rings is 1. The van der Waals surface area contributed by atoms with Crippen LogP contribution in [0, 0.1) is 0 Å². The highest BCUT2D eigenvalue weighted by atomic mass is 32.1. The van der Waals surface area contributed by atoms with Crippen LogP contribution < -0.4 is 10.2 Å². The van der Waals surface area contributed by atoms with Crippen LogP contribution in [0.25, 0.3) is 0 Å². The van der Waals surface area contributed by atoms with E-state index < -0.39 is 0 Å². The zero-order valence-electron chi connectivity index (χ0n) is 13.1. The molecule has 1 aliphatic carbocycles. The summed E-state index contributed by atoms with van der Waals surface area (Å²) in [6.07, 6.45) is 3.67. The van der Waals surface area contributed by atoms with E-state index in [1.54, 1.807) is 7.11 Å². The minimum atomic E-state index is 0.520. The van der Waals surface area contributed by atoms with Crippen LogP contribution in [0.3, 0.4) is 0 Å². The monoisotopic (exact) mass is 297 g/mol. The lowest BCUT2D eigenvalue weighted by Gasteiger charge is -2.14. The van der Waals surface area contributed by atoms with E-state index >= 15 is 0 Å². The van der Waals surface area contributed by atoms with Crippen molar-refractivity contribution in [2.75, 3.05) is 32.2 Å². The Morgan fingerprint density at radius 1 is 1.45 bits per heavy atom. The molecule has 0 saturated heterocycles. The molecule has 4 nitrogen and oxygen atoms in total. The predicted octanol–water partition coefficient (Wildman–Crippen LogP) is 2.99. The topological polar surface area (TPSA) is 37.4 Å². The van der Waals surface area contributed by atoms with Gasteiger partial charge in [0, 0.05) is 50.7 Å². The van der Waals surface area contributed by atoms with Crippen LogP contribution in [-0.4, -0.2) is 38.3 Å². The van der Waals surface area contributed by atoms with Crippen molar-refractivity contribution in [3.8, 4) is 0 Å². The third kappa shape index (κ3) is 4.43. The van der Waals surface area contributed by atoms with Gasteiger partial charge in [-0.05, 0) is 19.3 Å². The van der Waals surface area contributed by atoms with E-state index in [1.807, 2.05) is 11.3 Å². The number of anilines is 1. The molecule has 0 amide bonds. The Morgan fingerprint density at radius 3 is 2.80 bits per heavy atom. The van der Waals surface area contributed by atoms with Gasteiger partial charge >= 0.3 is 0 Å². The number of methoxy groups -OCH3 is 1. The maximum absolute atomic E-state index is 5.12. The highest BCUT2D eigenvalue weighted by Crippen LogP contribution is 2.44. The Balaban J connectivity index is 2.00. The average molecular weight is 297 g/mol. The third-order valence-electron chi connectivity index (χ3n) is 3.52. The molecule has 1 aromatic rings. The fourth-order valence-corrected chi connectivity index (χ4v) is 3.24. The van der Waals surface area contributed by atoms with Crippen molar-refractivity contribution < 1.29 is 4.74 Å². The Morgan fingerprint density at radius 2 is 2.20 bits per heavy atom. The van der Waals surface area contributed by atoms with Crippen LogP contribution in [-0.2, 0) is 11.3 Å². The lowest BCUT2D eigenvalue weighted by molar-refractivity contribution is 0.196. The Bertz CT molecular complexity index is 415. The summed E-state index contributed by atoms with van der Waals surface area (Å²) in [4.78, 5) is 8.58. The Labute approximate surface area is 126 Å². The lowest BCUT2D eigenvalue weighted by Crippen LogP contribution is -2.21. The fourth-order valence-electron chi connectivity index (χ4n) is 2.15. The number of hydrogen-bond acceptors (Lipinski definition) is 5. The molecule has 1 fully saturated rings. The first kappa shape index (κ1) is 15.7. The van der Waals surface area contributed by atoms with Crippen LogP contribution in [0.2, 0.25) is 0 Å². The quantitative estimate of drug-likeness (QED) is 0.711. The van der Waals surface area contributed by atoms with Gasteiger partial charge in [-0.3, -0.25) is 0 Å². The second-order valence-electron chi connectivity index (χ2n) is 5.88. The van der Waals surface area contributed by atoms with Crippen molar-refractivity contribution in [2.24, 2.45) is 0 Å². The number of aromatic nitrogens is 1. The van der Waals surface area contributed by atoms with Crippen LogP contribution in [0.4, 0.5) is 5.13 Å². The van der Waals surface area contributed by atoms with Crippen molar-refractivity contribution in [1.29, 1.82) is 0 Å². The highest BCUT2D eigenvalue weighted by Gasteiger charge is 2.30.